The fourth-order valence-electron chi connectivity index (χ4n) is 6.59. The van der Waals surface area contributed by atoms with E-state index in [4.69, 9.17) is 15.8 Å². The van der Waals surface area contributed by atoms with Crippen molar-refractivity contribution in [1.82, 2.24) is 19.5 Å². The van der Waals surface area contributed by atoms with E-state index in [1.165, 1.54) is 17.2 Å². The third kappa shape index (κ3) is 4.44. The van der Waals surface area contributed by atoms with Crippen LogP contribution in [0.2, 0.25) is 0 Å². The number of carbonyl (C=O) groups excluding carboxylic acids is 2. The average Bonchev–Trinajstić information content (AvgIpc) is 3.60. The normalized spacial score (nSPS) is 22.3. The van der Waals surface area contributed by atoms with Crippen molar-refractivity contribution >= 4 is 23.1 Å². The quantitative estimate of drug-likeness (QED) is 0.381. The van der Waals surface area contributed by atoms with Crippen molar-refractivity contribution in [2.45, 2.75) is 57.5 Å². The Morgan fingerprint density at radius 1 is 1.05 bits per heavy atom. The third-order valence-electron chi connectivity index (χ3n) is 9.06. The zero-order valence-electron chi connectivity index (χ0n) is 23.3. The Morgan fingerprint density at radius 3 is 2.59 bits per heavy atom. The summed E-state index contributed by atoms with van der Waals surface area (Å²) in [5.41, 5.74) is 11.4. The van der Waals surface area contributed by atoms with Gasteiger partial charge in [0.2, 0.25) is 5.91 Å². The minimum absolute atomic E-state index is 0.0421. The van der Waals surface area contributed by atoms with Crippen LogP contribution in [-0.4, -0.2) is 50.4 Å². The minimum Gasteiger partial charge on any atom is -0.369 e. The van der Waals surface area contributed by atoms with Crippen LogP contribution in [0.4, 0.5) is 10.1 Å². The number of anilines is 1. The molecule has 3 atom stereocenters. The molecule has 8 nitrogen and oxygen atoms in total. The highest BCUT2D eigenvalue weighted by Gasteiger charge is 2.34. The fraction of sp³-hybridized carbons (Fsp3) is 0.375. The van der Waals surface area contributed by atoms with Crippen LogP contribution in [-0.2, 0) is 11.2 Å². The van der Waals surface area contributed by atoms with Crippen molar-refractivity contribution in [1.29, 1.82) is 0 Å². The van der Waals surface area contributed by atoms with Crippen LogP contribution in [0.15, 0.2) is 54.6 Å². The van der Waals surface area contributed by atoms with E-state index in [2.05, 4.69) is 19.1 Å². The molecule has 1 saturated carbocycles. The van der Waals surface area contributed by atoms with Gasteiger partial charge >= 0.3 is 0 Å². The summed E-state index contributed by atoms with van der Waals surface area (Å²) in [5, 5.41) is 4.75. The van der Waals surface area contributed by atoms with E-state index in [1.54, 1.807) is 16.6 Å². The van der Waals surface area contributed by atoms with Gasteiger partial charge in [0.1, 0.15) is 11.5 Å². The molecule has 4 aromatic rings. The molecule has 0 unspecified atom stereocenters. The van der Waals surface area contributed by atoms with E-state index in [-0.39, 0.29) is 29.8 Å². The first-order valence-electron chi connectivity index (χ1n) is 14.4. The second kappa shape index (κ2) is 9.68. The van der Waals surface area contributed by atoms with Crippen molar-refractivity contribution in [3.8, 4) is 11.3 Å². The van der Waals surface area contributed by atoms with Gasteiger partial charge in [-0.2, -0.15) is 5.10 Å². The number of nitrogens with two attached hydrogens (primary N) is 1. The zero-order valence-corrected chi connectivity index (χ0v) is 23.3. The topological polar surface area (TPSA) is 96.8 Å². The number of aromatic nitrogens is 3. The van der Waals surface area contributed by atoms with Gasteiger partial charge in [0.15, 0.2) is 5.65 Å². The smallest absolute Gasteiger partial charge is 0.273 e. The van der Waals surface area contributed by atoms with E-state index in [0.29, 0.717) is 53.7 Å². The molecule has 4 heterocycles. The first kappa shape index (κ1) is 25.7. The number of hydrogen-bond donors (Lipinski definition) is 1. The van der Waals surface area contributed by atoms with Crippen molar-refractivity contribution in [3.63, 3.8) is 0 Å². The summed E-state index contributed by atoms with van der Waals surface area (Å²) in [7, 11) is 0. The third-order valence-corrected chi connectivity index (χ3v) is 9.06. The van der Waals surface area contributed by atoms with Gasteiger partial charge in [-0.1, -0.05) is 24.3 Å². The standard InChI is InChI=1S/C32H33FN6O2/c1-18-13-22(31(34)40)17-38(18)23-9-10-25(26(33)14-23)27-16-30-35-28(15-29(21-7-8-21)39(30)36-27)32(41)37-12-11-20-5-3-4-6-24(20)19(37)2/h3-6,9-10,14-16,18-19,21-22H,7-8,11-13,17H2,1-2H3,(H2,34,40)/t18-,19-,22+/m1/s1. The Balaban J connectivity index is 1.21. The molecular weight excluding hydrogens is 519 g/mol. The molecule has 2 amide bonds. The number of fused-ring (bicyclic) bond motifs is 2. The maximum Gasteiger partial charge on any atom is 0.273 e. The van der Waals surface area contributed by atoms with Crippen molar-refractivity contribution in [3.05, 3.63) is 82.9 Å². The second-order valence-corrected chi connectivity index (χ2v) is 11.8. The Morgan fingerprint density at radius 2 is 1.85 bits per heavy atom. The number of amides is 2. The lowest BCUT2D eigenvalue weighted by Crippen LogP contribution is -2.39. The predicted octanol–water partition coefficient (Wildman–Crippen LogP) is 4.87. The van der Waals surface area contributed by atoms with Gasteiger partial charge in [-0.15, -0.1) is 0 Å². The van der Waals surface area contributed by atoms with Gasteiger partial charge in [0, 0.05) is 48.1 Å². The summed E-state index contributed by atoms with van der Waals surface area (Å²) in [4.78, 5) is 34.1. The molecule has 0 spiro atoms. The second-order valence-electron chi connectivity index (χ2n) is 11.8. The highest BCUT2D eigenvalue weighted by Crippen LogP contribution is 2.41. The van der Waals surface area contributed by atoms with Crippen LogP contribution in [0.3, 0.4) is 0 Å². The Bertz CT molecular complexity index is 1700. The molecule has 0 bridgehead atoms. The van der Waals surface area contributed by atoms with E-state index in [0.717, 1.165) is 25.0 Å². The van der Waals surface area contributed by atoms with Crippen molar-refractivity contribution in [2.75, 3.05) is 18.0 Å². The van der Waals surface area contributed by atoms with Crippen LogP contribution < -0.4 is 10.6 Å². The molecule has 9 heteroatoms. The van der Waals surface area contributed by atoms with Gasteiger partial charge in [-0.3, -0.25) is 9.59 Å². The SMILES string of the molecule is C[C@@H]1c2ccccc2CCN1C(=O)c1cc(C2CC2)n2nc(-c3ccc(N4C[C@@H](C(N)=O)C[C@H]4C)cc3F)cc2n1. The van der Waals surface area contributed by atoms with Gasteiger partial charge in [-0.25, -0.2) is 13.9 Å². The molecule has 2 aromatic carbocycles. The maximum atomic E-state index is 15.5. The summed E-state index contributed by atoms with van der Waals surface area (Å²) in [6, 6.07) is 17.1. The highest BCUT2D eigenvalue weighted by atomic mass is 19.1. The van der Waals surface area contributed by atoms with Gasteiger partial charge in [0.25, 0.3) is 5.91 Å². The molecular formula is C32H33FN6O2. The molecule has 2 N–H and O–H groups in total. The molecule has 210 valence electrons. The summed E-state index contributed by atoms with van der Waals surface area (Å²) in [6.07, 6.45) is 3.53. The van der Waals surface area contributed by atoms with Crippen LogP contribution in [0, 0.1) is 11.7 Å². The molecule has 2 aliphatic heterocycles. The number of benzene rings is 2. The Labute approximate surface area is 238 Å². The average molecular weight is 553 g/mol. The van der Waals surface area contributed by atoms with Crippen LogP contribution in [0.25, 0.3) is 16.9 Å². The lowest BCUT2D eigenvalue weighted by molar-refractivity contribution is -0.121. The molecule has 2 fully saturated rings. The number of halogens is 1. The Hall–Kier alpha value is -4.27. The van der Waals surface area contributed by atoms with Gasteiger partial charge in [0.05, 0.1) is 17.7 Å². The van der Waals surface area contributed by atoms with E-state index in [9.17, 15) is 9.59 Å². The minimum atomic E-state index is -0.397. The predicted molar refractivity (Wildman–Crippen MR) is 154 cm³/mol. The maximum absolute atomic E-state index is 15.5. The zero-order chi connectivity index (χ0) is 28.4. The molecule has 7 rings (SSSR count). The van der Waals surface area contributed by atoms with E-state index in [1.807, 2.05) is 41.0 Å². The highest BCUT2D eigenvalue weighted by molar-refractivity contribution is 5.93. The number of carbonyl (C=O) groups is 2. The van der Waals surface area contributed by atoms with E-state index < -0.39 is 5.82 Å². The molecule has 3 aliphatic rings. The number of primary amides is 1. The first-order chi connectivity index (χ1) is 19.8. The fourth-order valence-corrected chi connectivity index (χ4v) is 6.59. The van der Waals surface area contributed by atoms with Crippen LogP contribution in [0.1, 0.15) is 72.4 Å². The Kier molecular flexibility index (Phi) is 6.06. The molecule has 0 radical (unpaired) electrons. The molecule has 2 aromatic heterocycles. The molecule has 41 heavy (non-hydrogen) atoms. The van der Waals surface area contributed by atoms with E-state index >= 15 is 4.39 Å². The monoisotopic (exact) mass is 552 g/mol. The number of nitrogens with zero attached hydrogens (tertiary/aromatic N) is 5. The van der Waals surface area contributed by atoms with Crippen LogP contribution >= 0.6 is 0 Å². The summed E-state index contributed by atoms with van der Waals surface area (Å²) < 4.78 is 17.3. The molecule has 1 aliphatic carbocycles. The van der Waals surface area contributed by atoms with Gasteiger partial charge < -0.3 is 15.5 Å². The van der Waals surface area contributed by atoms with Crippen molar-refractivity contribution in [2.24, 2.45) is 11.7 Å². The lowest BCUT2D eigenvalue weighted by atomic mass is 9.93. The lowest BCUT2D eigenvalue weighted by Gasteiger charge is -2.35. The van der Waals surface area contributed by atoms with Gasteiger partial charge in [-0.05, 0) is 74.9 Å². The molecule has 1 saturated heterocycles. The summed E-state index contributed by atoms with van der Waals surface area (Å²) >= 11 is 0. The largest absolute Gasteiger partial charge is 0.369 e. The number of hydrogen-bond acceptors (Lipinski definition) is 5. The summed E-state index contributed by atoms with van der Waals surface area (Å²) in [6.45, 7) is 5.21. The van der Waals surface area contributed by atoms with Crippen LogP contribution in [0.5, 0.6) is 0 Å². The number of rotatable bonds is 5. The van der Waals surface area contributed by atoms with Crippen molar-refractivity contribution < 1.29 is 14.0 Å². The first-order valence-corrected chi connectivity index (χ1v) is 14.4. The summed E-state index contributed by atoms with van der Waals surface area (Å²) in [5.74, 6) is -0.744.